The molecule has 0 N–H and O–H groups in total. The average Bonchev–Trinajstić information content (AvgIpc) is 3.11. The molecule has 2 aromatic carbocycles. The molecule has 1 aromatic heterocycles. The Labute approximate surface area is 247 Å². The van der Waals surface area contributed by atoms with Crippen molar-refractivity contribution in [1.82, 2.24) is 14.5 Å². The number of piperazine rings is 1. The van der Waals surface area contributed by atoms with Crippen LogP contribution in [0.15, 0.2) is 27.9 Å². The van der Waals surface area contributed by atoms with E-state index in [1.54, 1.807) is 32.6 Å². The SMILES string of the molecule is CC1CN(C(=O)OC(C)(C)C)CCN1c1nc(=O)n2c3c(c(-c4cc(Cl)c(F)cc4F)c(C(F)(F)F)cc13)SCCC2. The Hall–Kier alpha value is -3.06. The number of anilines is 1. The van der Waals surface area contributed by atoms with Crippen LogP contribution in [0, 0.1) is 11.6 Å². The summed E-state index contributed by atoms with van der Waals surface area (Å²) in [5.41, 5.74) is -3.36. The summed E-state index contributed by atoms with van der Waals surface area (Å²) in [6, 6.07) is 1.74. The van der Waals surface area contributed by atoms with Gasteiger partial charge in [0.1, 0.15) is 23.1 Å². The van der Waals surface area contributed by atoms with Gasteiger partial charge in [0, 0.05) is 59.7 Å². The molecule has 0 spiro atoms. The first kappa shape index (κ1) is 30.4. The third kappa shape index (κ3) is 5.64. The predicted octanol–water partition coefficient (Wildman–Crippen LogP) is 6.96. The van der Waals surface area contributed by atoms with Gasteiger partial charge in [-0.1, -0.05) is 11.6 Å². The average molecular weight is 631 g/mol. The van der Waals surface area contributed by atoms with Crippen molar-refractivity contribution < 1.29 is 31.5 Å². The fourth-order valence-electron chi connectivity index (χ4n) is 5.33. The van der Waals surface area contributed by atoms with Crippen LogP contribution in [0.1, 0.15) is 39.7 Å². The van der Waals surface area contributed by atoms with Crippen LogP contribution in [0.2, 0.25) is 5.02 Å². The first-order valence-electron chi connectivity index (χ1n) is 13.3. The lowest BCUT2D eigenvalue weighted by molar-refractivity contribution is -0.137. The lowest BCUT2D eigenvalue weighted by Crippen LogP contribution is -2.55. The van der Waals surface area contributed by atoms with Crippen molar-refractivity contribution in [3.63, 3.8) is 0 Å². The molecule has 42 heavy (non-hydrogen) atoms. The van der Waals surface area contributed by atoms with Gasteiger partial charge >= 0.3 is 18.0 Å². The van der Waals surface area contributed by atoms with Crippen LogP contribution < -0.4 is 10.6 Å². The number of aromatic nitrogens is 2. The maximum absolute atomic E-state index is 15.1. The molecule has 226 valence electrons. The van der Waals surface area contributed by atoms with Gasteiger partial charge in [-0.05, 0) is 52.0 Å². The molecule has 3 aromatic rings. The number of alkyl halides is 3. The smallest absolute Gasteiger partial charge is 0.417 e. The van der Waals surface area contributed by atoms with Gasteiger partial charge in [-0.3, -0.25) is 4.57 Å². The normalized spacial score (nSPS) is 17.9. The summed E-state index contributed by atoms with van der Waals surface area (Å²) in [6.07, 6.45) is -5.01. The summed E-state index contributed by atoms with van der Waals surface area (Å²) in [4.78, 5) is 33.5. The fourth-order valence-corrected chi connectivity index (χ4v) is 6.69. The van der Waals surface area contributed by atoms with E-state index in [2.05, 4.69) is 4.98 Å². The second kappa shape index (κ2) is 10.9. The number of amides is 1. The number of halogens is 6. The van der Waals surface area contributed by atoms with Crippen LogP contribution >= 0.6 is 23.4 Å². The zero-order valence-electron chi connectivity index (χ0n) is 23.2. The molecule has 1 fully saturated rings. The molecule has 1 unspecified atom stereocenters. The molecule has 0 aliphatic carbocycles. The zero-order valence-corrected chi connectivity index (χ0v) is 24.8. The first-order chi connectivity index (χ1) is 19.6. The number of nitrogens with zero attached hydrogens (tertiary/aromatic N) is 4. The summed E-state index contributed by atoms with van der Waals surface area (Å²) in [7, 11) is 0. The van der Waals surface area contributed by atoms with E-state index in [4.69, 9.17) is 16.3 Å². The van der Waals surface area contributed by atoms with Crippen molar-refractivity contribution in [2.75, 3.05) is 30.3 Å². The van der Waals surface area contributed by atoms with E-state index in [0.717, 1.165) is 23.9 Å². The van der Waals surface area contributed by atoms with Gasteiger partial charge in [-0.2, -0.15) is 18.2 Å². The summed E-state index contributed by atoms with van der Waals surface area (Å²) in [6.45, 7) is 7.77. The third-order valence-corrected chi connectivity index (χ3v) is 8.58. The highest BCUT2D eigenvalue weighted by Gasteiger charge is 2.39. The lowest BCUT2D eigenvalue weighted by atomic mass is 9.95. The van der Waals surface area contributed by atoms with E-state index in [1.165, 1.54) is 9.47 Å². The standard InChI is InChI=1S/C28H28ClF5N4O3S/c1-14-13-36(26(40)41-27(2,3)4)7-8-37(14)24-16-10-17(28(32,33)34)21(15-11-18(29)20(31)12-19(15)30)23-22(16)38(25(39)35-24)6-5-9-42-23/h10-12,14H,5-9,13H2,1-4H3. The minimum atomic E-state index is -4.94. The summed E-state index contributed by atoms with van der Waals surface area (Å²) in [5, 5.41) is -0.462. The molecule has 5 rings (SSSR count). The number of aryl methyl sites for hydroxylation is 1. The molecule has 14 heteroatoms. The minimum absolute atomic E-state index is 0.0414. The molecular weight excluding hydrogens is 603 g/mol. The highest BCUT2D eigenvalue weighted by atomic mass is 35.5. The first-order valence-corrected chi connectivity index (χ1v) is 14.6. The number of carbonyl (C=O) groups excluding carboxylic acids is 1. The van der Waals surface area contributed by atoms with Gasteiger partial charge in [0.25, 0.3) is 0 Å². The van der Waals surface area contributed by atoms with E-state index < -0.39 is 62.9 Å². The van der Waals surface area contributed by atoms with E-state index in [0.29, 0.717) is 18.2 Å². The molecule has 2 aliphatic heterocycles. The van der Waals surface area contributed by atoms with Crippen LogP contribution in [-0.2, 0) is 17.5 Å². The molecule has 0 bridgehead atoms. The van der Waals surface area contributed by atoms with Crippen molar-refractivity contribution in [2.24, 2.45) is 0 Å². The number of ether oxygens (including phenoxy) is 1. The highest BCUT2D eigenvalue weighted by molar-refractivity contribution is 7.99. The molecule has 1 atom stereocenters. The van der Waals surface area contributed by atoms with Crippen LogP contribution in [0.4, 0.5) is 32.6 Å². The van der Waals surface area contributed by atoms with Crippen LogP contribution in [0.3, 0.4) is 0 Å². The summed E-state index contributed by atoms with van der Waals surface area (Å²) >= 11 is 6.96. The van der Waals surface area contributed by atoms with Gasteiger partial charge in [-0.15, -0.1) is 11.8 Å². The number of rotatable bonds is 2. The summed E-state index contributed by atoms with van der Waals surface area (Å²) < 4.78 is 80.0. The molecule has 3 heterocycles. The number of carbonyl (C=O) groups is 1. The van der Waals surface area contributed by atoms with E-state index >= 15 is 4.39 Å². The van der Waals surface area contributed by atoms with Gasteiger partial charge in [-0.25, -0.2) is 18.4 Å². The fraction of sp³-hybridized carbons (Fsp3) is 0.464. The van der Waals surface area contributed by atoms with Gasteiger partial charge < -0.3 is 14.5 Å². The predicted molar refractivity (Wildman–Crippen MR) is 151 cm³/mol. The third-order valence-electron chi connectivity index (χ3n) is 7.11. The van der Waals surface area contributed by atoms with E-state index in [-0.39, 0.29) is 47.8 Å². The van der Waals surface area contributed by atoms with Crippen molar-refractivity contribution in [3.8, 4) is 11.1 Å². The van der Waals surface area contributed by atoms with Crippen molar-refractivity contribution in [1.29, 1.82) is 0 Å². The second-order valence-corrected chi connectivity index (χ2v) is 12.8. The summed E-state index contributed by atoms with van der Waals surface area (Å²) in [5.74, 6) is -1.92. The Balaban J connectivity index is 1.73. The van der Waals surface area contributed by atoms with Crippen molar-refractivity contribution in [3.05, 3.63) is 50.9 Å². The van der Waals surface area contributed by atoms with Gasteiger partial charge in [0.15, 0.2) is 0 Å². The monoisotopic (exact) mass is 630 g/mol. The number of thioether (sulfide) groups is 1. The molecule has 0 saturated carbocycles. The van der Waals surface area contributed by atoms with Crippen LogP contribution in [-0.4, -0.2) is 57.6 Å². The second-order valence-electron chi connectivity index (χ2n) is 11.3. The number of hydrogen-bond acceptors (Lipinski definition) is 6. The molecule has 7 nitrogen and oxygen atoms in total. The Morgan fingerprint density at radius 1 is 1.10 bits per heavy atom. The maximum atomic E-state index is 15.1. The van der Waals surface area contributed by atoms with Crippen LogP contribution in [0.5, 0.6) is 0 Å². The van der Waals surface area contributed by atoms with E-state index in [1.807, 2.05) is 0 Å². The number of hydrogen-bond donors (Lipinski definition) is 0. The topological polar surface area (TPSA) is 67.7 Å². The molecule has 0 radical (unpaired) electrons. The van der Waals surface area contributed by atoms with Crippen molar-refractivity contribution in [2.45, 2.75) is 63.4 Å². The molecule has 2 aliphatic rings. The maximum Gasteiger partial charge on any atom is 0.417 e. The molecule has 1 saturated heterocycles. The Bertz CT molecular complexity index is 1640. The largest absolute Gasteiger partial charge is 0.444 e. The lowest BCUT2D eigenvalue weighted by Gasteiger charge is -2.41. The van der Waals surface area contributed by atoms with E-state index in [9.17, 15) is 27.2 Å². The Morgan fingerprint density at radius 2 is 1.81 bits per heavy atom. The Kier molecular flexibility index (Phi) is 7.88. The van der Waals surface area contributed by atoms with Gasteiger partial charge in [0.05, 0.1) is 16.1 Å². The quantitative estimate of drug-likeness (QED) is 0.225. The van der Waals surface area contributed by atoms with Crippen LogP contribution in [0.25, 0.3) is 22.0 Å². The highest BCUT2D eigenvalue weighted by Crippen LogP contribution is 2.49. The van der Waals surface area contributed by atoms with Gasteiger partial charge in [0.2, 0.25) is 0 Å². The molecule has 1 amide bonds. The van der Waals surface area contributed by atoms with Crippen molar-refractivity contribution >= 4 is 46.2 Å². The minimum Gasteiger partial charge on any atom is -0.444 e. The zero-order chi connectivity index (χ0) is 30.7. The molecular formula is C28H28ClF5N4O3S. The Morgan fingerprint density at radius 3 is 2.45 bits per heavy atom. The number of benzene rings is 2.